The van der Waals surface area contributed by atoms with Gasteiger partial charge in [0.25, 0.3) is 0 Å². The van der Waals surface area contributed by atoms with Crippen LogP contribution in [0.3, 0.4) is 0 Å². The number of pyridine rings is 1. The topological polar surface area (TPSA) is 109 Å². The number of carboxylic acid groups (broad SMARTS) is 1. The van der Waals surface area contributed by atoms with E-state index in [1.54, 1.807) is 0 Å². The molecule has 0 spiro atoms. The number of aromatic carboxylic acids is 1. The molecule has 2 rings (SSSR count). The van der Waals surface area contributed by atoms with E-state index in [-0.39, 0.29) is 22.7 Å². The van der Waals surface area contributed by atoms with Gasteiger partial charge in [0, 0.05) is 13.1 Å². The van der Waals surface area contributed by atoms with Crippen LogP contribution in [0.2, 0.25) is 0 Å². The largest absolute Gasteiger partial charge is 0.505 e. The number of hydrogen-bond acceptors (Lipinski definition) is 5. The molecule has 0 fully saturated rings. The van der Waals surface area contributed by atoms with Crippen LogP contribution >= 0.6 is 0 Å². The van der Waals surface area contributed by atoms with Gasteiger partial charge in [-0.25, -0.2) is 4.79 Å². The molecule has 104 valence electrons. The normalized spacial score (nSPS) is 10.3. The van der Waals surface area contributed by atoms with E-state index in [2.05, 4.69) is 10.3 Å². The first-order valence-electron chi connectivity index (χ1n) is 5.65. The fraction of sp³-hybridized carbons (Fsp3) is 0.154. The summed E-state index contributed by atoms with van der Waals surface area (Å²) in [5.74, 6) is -1.87. The third-order valence-corrected chi connectivity index (χ3v) is 2.71. The van der Waals surface area contributed by atoms with Crippen LogP contribution in [0.5, 0.6) is 11.5 Å². The maximum absolute atomic E-state index is 11.2. The fourth-order valence-corrected chi connectivity index (χ4v) is 1.91. The number of carbonyl (C=O) groups excluding carboxylic acids is 1. The Morgan fingerprint density at radius 2 is 2.10 bits per heavy atom. The van der Waals surface area contributed by atoms with E-state index >= 15 is 0 Å². The second kappa shape index (κ2) is 5.04. The number of methoxy groups -OCH3 is 1. The average Bonchev–Trinajstić information content (AvgIpc) is 2.39. The molecule has 7 heteroatoms. The summed E-state index contributed by atoms with van der Waals surface area (Å²) < 4.78 is 5.13. The lowest BCUT2D eigenvalue weighted by Crippen LogP contribution is -2.07. The second-order valence-corrected chi connectivity index (χ2v) is 4.04. The number of hydrogen-bond donors (Lipinski definition) is 3. The molecule has 0 aliphatic rings. The van der Waals surface area contributed by atoms with Crippen LogP contribution in [0.15, 0.2) is 18.3 Å². The number of nitrogens with zero attached hydrogens (tertiary/aromatic N) is 1. The van der Waals surface area contributed by atoms with Crippen LogP contribution in [0, 0.1) is 0 Å². The lowest BCUT2D eigenvalue weighted by molar-refractivity contribution is -0.114. The highest BCUT2D eigenvalue weighted by atomic mass is 16.5. The predicted molar refractivity (Wildman–Crippen MR) is 71.2 cm³/mol. The van der Waals surface area contributed by atoms with Gasteiger partial charge < -0.3 is 20.3 Å². The van der Waals surface area contributed by atoms with Crippen molar-refractivity contribution < 1.29 is 24.5 Å². The van der Waals surface area contributed by atoms with Crippen molar-refractivity contribution in [1.29, 1.82) is 0 Å². The van der Waals surface area contributed by atoms with Crippen LogP contribution in [0.1, 0.15) is 17.3 Å². The smallest absolute Gasteiger partial charge is 0.339 e. The van der Waals surface area contributed by atoms with Gasteiger partial charge in [-0.3, -0.25) is 9.78 Å². The van der Waals surface area contributed by atoms with Gasteiger partial charge in [0.05, 0.1) is 18.2 Å². The molecule has 20 heavy (non-hydrogen) atoms. The summed E-state index contributed by atoms with van der Waals surface area (Å²) in [6.07, 6.45) is 1.36. The van der Waals surface area contributed by atoms with Crippen LogP contribution in [-0.4, -0.2) is 34.2 Å². The Bertz CT molecular complexity index is 711. The highest BCUT2D eigenvalue weighted by Crippen LogP contribution is 2.38. The number of aromatic nitrogens is 1. The van der Waals surface area contributed by atoms with Gasteiger partial charge in [0.15, 0.2) is 5.75 Å². The molecule has 0 saturated carbocycles. The molecule has 0 radical (unpaired) electrons. The Balaban J connectivity index is 2.85. The molecule has 3 N–H and O–H groups in total. The monoisotopic (exact) mass is 276 g/mol. The molecule has 0 atom stereocenters. The van der Waals surface area contributed by atoms with Crippen molar-refractivity contribution >= 4 is 28.5 Å². The molecular formula is C13H12N2O5. The lowest BCUT2D eigenvalue weighted by atomic mass is 10.1. The van der Waals surface area contributed by atoms with Gasteiger partial charge in [-0.05, 0) is 12.1 Å². The Morgan fingerprint density at radius 1 is 1.40 bits per heavy atom. The molecule has 1 heterocycles. The quantitative estimate of drug-likeness (QED) is 0.785. The highest BCUT2D eigenvalue weighted by Gasteiger charge is 2.20. The fourth-order valence-electron chi connectivity index (χ4n) is 1.91. The maximum atomic E-state index is 11.2. The van der Waals surface area contributed by atoms with E-state index in [4.69, 9.17) is 9.84 Å². The highest BCUT2D eigenvalue weighted by molar-refractivity contribution is 6.08. The number of carbonyl (C=O) groups is 2. The van der Waals surface area contributed by atoms with Gasteiger partial charge in [-0.1, -0.05) is 0 Å². The van der Waals surface area contributed by atoms with Gasteiger partial charge in [-0.15, -0.1) is 0 Å². The first-order valence-corrected chi connectivity index (χ1v) is 5.65. The number of rotatable bonds is 3. The van der Waals surface area contributed by atoms with Gasteiger partial charge >= 0.3 is 5.97 Å². The van der Waals surface area contributed by atoms with Crippen LogP contribution in [0.4, 0.5) is 5.69 Å². The zero-order chi connectivity index (χ0) is 14.9. The molecule has 0 aliphatic heterocycles. The number of nitrogens with one attached hydrogen (secondary N) is 1. The molecule has 0 bridgehead atoms. The van der Waals surface area contributed by atoms with Gasteiger partial charge in [-0.2, -0.15) is 0 Å². The number of carboxylic acids is 1. The molecular weight excluding hydrogens is 264 g/mol. The Morgan fingerprint density at radius 3 is 2.65 bits per heavy atom. The summed E-state index contributed by atoms with van der Waals surface area (Å²) in [5.41, 5.74) is 0.112. The number of fused-ring (bicyclic) bond motifs is 1. The van der Waals surface area contributed by atoms with E-state index in [1.165, 1.54) is 32.4 Å². The molecule has 1 aromatic heterocycles. The van der Waals surface area contributed by atoms with Crippen LogP contribution < -0.4 is 10.1 Å². The molecule has 2 aromatic rings. The minimum absolute atomic E-state index is 0.0491. The summed E-state index contributed by atoms with van der Waals surface area (Å²) in [6, 6.07) is 2.72. The van der Waals surface area contributed by atoms with Crippen LogP contribution in [-0.2, 0) is 4.79 Å². The third kappa shape index (κ3) is 2.20. The second-order valence-electron chi connectivity index (χ2n) is 4.04. The van der Waals surface area contributed by atoms with Crippen LogP contribution in [0.25, 0.3) is 10.9 Å². The van der Waals surface area contributed by atoms with E-state index in [1.807, 2.05) is 0 Å². The summed E-state index contributed by atoms with van der Waals surface area (Å²) >= 11 is 0. The maximum Gasteiger partial charge on any atom is 0.339 e. The average molecular weight is 276 g/mol. The zero-order valence-corrected chi connectivity index (χ0v) is 10.8. The SMILES string of the molecule is COc1cc(C(=O)O)c(O)c2nccc(NC(C)=O)c12. The molecule has 1 amide bonds. The van der Waals surface area contributed by atoms with Crippen molar-refractivity contribution in [3.63, 3.8) is 0 Å². The van der Waals surface area contributed by atoms with Crippen molar-refractivity contribution in [3.8, 4) is 11.5 Å². The van der Waals surface area contributed by atoms with Gasteiger partial charge in [0.2, 0.25) is 5.91 Å². The zero-order valence-electron chi connectivity index (χ0n) is 10.8. The number of aromatic hydroxyl groups is 1. The van der Waals surface area contributed by atoms with E-state index in [0.29, 0.717) is 11.1 Å². The number of amides is 1. The predicted octanol–water partition coefficient (Wildman–Crippen LogP) is 1.61. The van der Waals surface area contributed by atoms with Crippen molar-refractivity contribution in [1.82, 2.24) is 4.98 Å². The first kappa shape index (κ1) is 13.6. The summed E-state index contributed by atoms with van der Waals surface area (Å²) in [6.45, 7) is 1.34. The number of ether oxygens (including phenoxy) is 1. The molecule has 7 nitrogen and oxygen atoms in total. The molecule has 0 aliphatic carbocycles. The Kier molecular flexibility index (Phi) is 3.43. The summed E-state index contributed by atoms with van der Waals surface area (Å²) in [5, 5.41) is 22.0. The summed E-state index contributed by atoms with van der Waals surface area (Å²) in [4.78, 5) is 26.2. The third-order valence-electron chi connectivity index (χ3n) is 2.71. The minimum atomic E-state index is -1.30. The standard InChI is InChI=1S/C13H12N2O5/c1-6(16)15-8-3-4-14-11-10(8)9(20-2)5-7(12(11)17)13(18)19/h3-5,17H,1-2H3,(H,18,19)(H,14,15,16). The number of anilines is 1. The lowest BCUT2D eigenvalue weighted by Gasteiger charge is -2.13. The van der Waals surface area contributed by atoms with Gasteiger partial charge in [0.1, 0.15) is 16.8 Å². The Labute approximate surface area is 113 Å². The Hall–Kier alpha value is -2.83. The van der Waals surface area contributed by atoms with Crippen molar-refractivity contribution in [3.05, 3.63) is 23.9 Å². The van der Waals surface area contributed by atoms with Crippen molar-refractivity contribution in [2.24, 2.45) is 0 Å². The first-order chi connectivity index (χ1) is 9.45. The van der Waals surface area contributed by atoms with Crippen molar-refractivity contribution in [2.45, 2.75) is 6.92 Å². The number of benzene rings is 1. The van der Waals surface area contributed by atoms with E-state index in [9.17, 15) is 14.7 Å². The minimum Gasteiger partial charge on any atom is -0.505 e. The number of phenols is 1. The van der Waals surface area contributed by atoms with E-state index in [0.717, 1.165) is 0 Å². The summed E-state index contributed by atoms with van der Waals surface area (Å²) in [7, 11) is 1.36. The molecule has 0 saturated heterocycles. The molecule has 0 unspecified atom stereocenters. The van der Waals surface area contributed by atoms with E-state index < -0.39 is 11.7 Å². The van der Waals surface area contributed by atoms with Crippen molar-refractivity contribution in [2.75, 3.05) is 12.4 Å². The molecule has 1 aromatic carbocycles.